The second-order valence-electron chi connectivity index (χ2n) is 6.12. The fraction of sp³-hybridized carbons (Fsp3) is 0.588. The number of hydrogen-bond acceptors (Lipinski definition) is 2. The van der Waals surface area contributed by atoms with Crippen molar-refractivity contribution in [2.45, 2.75) is 51.0 Å². The largest absolute Gasteiger partial charge is 0.388 e. The summed E-state index contributed by atoms with van der Waals surface area (Å²) >= 11 is 0. The lowest BCUT2D eigenvalue weighted by Crippen LogP contribution is -2.23. The number of hydrogen-bond donors (Lipinski definition) is 2. The summed E-state index contributed by atoms with van der Waals surface area (Å²) in [6.45, 7) is 0.744. The van der Waals surface area contributed by atoms with Crippen LogP contribution in [0.5, 0.6) is 0 Å². The molecule has 0 aromatic heterocycles. The Kier molecular flexibility index (Phi) is 4.06. The van der Waals surface area contributed by atoms with Gasteiger partial charge in [-0.3, -0.25) is 4.79 Å². The molecule has 1 amide bonds. The Hall–Kier alpha value is -1.35. The highest BCUT2D eigenvalue weighted by atomic mass is 16.3. The van der Waals surface area contributed by atoms with Crippen LogP contribution in [0.3, 0.4) is 0 Å². The third-order valence-electron chi connectivity index (χ3n) is 4.72. The summed E-state index contributed by atoms with van der Waals surface area (Å²) in [5.41, 5.74) is 2.78. The van der Waals surface area contributed by atoms with Crippen LogP contribution in [0.2, 0.25) is 0 Å². The van der Waals surface area contributed by atoms with Crippen LogP contribution in [0.1, 0.15) is 66.1 Å². The molecule has 1 aromatic carbocycles. The summed E-state index contributed by atoms with van der Waals surface area (Å²) in [6.07, 6.45) is 7.43. The van der Waals surface area contributed by atoms with Crippen LogP contribution in [0.15, 0.2) is 18.2 Å². The molecule has 1 aliphatic carbocycles. The number of carbonyl (C=O) groups excluding carboxylic acids is 1. The van der Waals surface area contributed by atoms with Gasteiger partial charge in [-0.05, 0) is 48.8 Å². The maximum absolute atomic E-state index is 12.1. The normalized spacial score (nSPS) is 21.8. The maximum Gasteiger partial charge on any atom is 0.251 e. The SMILES string of the molecule is O=C1NCCCc2ccc(C(O)C3CCCCC3)cc21. The molecule has 108 valence electrons. The maximum atomic E-state index is 12.1. The number of benzene rings is 1. The summed E-state index contributed by atoms with van der Waals surface area (Å²) in [7, 11) is 0. The predicted octanol–water partition coefficient (Wildman–Crippen LogP) is 2.98. The Morgan fingerprint density at radius 2 is 1.95 bits per heavy atom. The van der Waals surface area contributed by atoms with E-state index in [1.165, 1.54) is 19.3 Å². The van der Waals surface area contributed by atoms with E-state index in [2.05, 4.69) is 5.32 Å². The van der Waals surface area contributed by atoms with Gasteiger partial charge in [0.15, 0.2) is 0 Å². The minimum absolute atomic E-state index is 0.00944. The first kappa shape index (κ1) is 13.6. The number of fused-ring (bicyclic) bond motifs is 1. The third kappa shape index (κ3) is 2.73. The average Bonchev–Trinajstić information content (AvgIpc) is 2.69. The van der Waals surface area contributed by atoms with Crippen molar-refractivity contribution >= 4 is 5.91 Å². The molecule has 1 heterocycles. The summed E-state index contributed by atoms with van der Waals surface area (Å²) < 4.78 is 0. The summed E-state index contributed by atoms with van der Waals surface area (Å²) in [5, 5.41) is 13.5. The number of aliphatic hydroxyl groups is 1. The first-order valence-electron chi connectivity index (χ1n) is 7.85. The van der Waals surface area contributed by atoms with Gasteiger partial charge >= 0.3 is 0 Å². The number of carbonyl (C=O) groups is 1. The number of amides is 1. The Bertz CT molecular complexity index is 492. The molecule has 1 fully saturated rings. The van der Waals surface area contributed by atoms with E-state index in [9.17, 15) is 9.90 Å². The molecule has 1 aliphatic heterocycles. The molecule has 0 spiro atoms. The highest BCUT2D eigenvalue weighted by Gasteiger charge is 2.24. The second-order valence-corrected chi connectivity index (χ2v) is 6.12. The number of aryl methyl sites for hydroxylation is 1. The molecule has 2 aliphatic rings. The van der Waals surface area contributed by atoms with Gasteiger partial charge in [0, 0.05) is 12.1 Å². The molecular weight excluding hydrogens is 250 g/mol. The van der Waals surface area contributed by atoms with Crippen molar-refractivity contribution in [2.24, 2.45) is 5.92 Å². The molecule has 0 bridgehead atoms. The molecule has 1 saturated carbocycles. The molecular formula is C17H23NO2. The van der Waals surface area contributed by atoms with E-state index in [0.717, 1.165) is 48.9 Å². The molecule has 1 atom stereocenters. The molecule has 0 saturated heterocycles. The van der Waals surface area contributed by atoms with Crippen molar-refractivity contribution in [1.82, 2.24) is 5.32 Å². The van der Waals surface area contributed by atoms with Gasteiger partial charge in [0.25, 0.3) is 5.91 Å². The Morgan fingerprint density at radius 3 is 2.75 bits per heavy atom. The smallest absolute Gasteiger partial charge is 0.251 e. The highest BCUT2D eigenvalue weighted by molar-refractivity contribution is 5.96. The van der Waals surface area contributed by atoms with E-state index in [0.29, 0.717) is 5.92 Å². The third-order valence-corrected chi connectivity index (χ3v) is 4.72. The Morgan fingerprint density at radius 1 is 1.15 bits per heavy atom. The molecule has 1 aromatic rings. The summed E-state index contributed by atoms with van der Waals surface area (Å²) in [6, 6.07) is 5.95. The van der Waals surface area contributed by atoms with Gasteiger partial charge in [-0.15, -0.1) is 0 Å². The van der Waals surface area contributed by atoms with Crippen molar-refractivity contribution in [3.63, 3.8) is 0 Å². The van der Waals surface area contributed by atoms with Gasteiger partial charge in [-0.1, -0.05) is 31.4 Å². The van der Waals surface area contributed by atoms with E-state index in [4.69, 9.17) is 0 Å². The zero-order chi connectivity index (χ0) is 13.9. The second kappa shape index (κ2) is 5.96. The van der Waals surface area contributed by atoms with E-state index in [1.54, 1.807) is 0 Å². The molecule has 3 nitrogen and oxygen atoms in total. The van der Waals surface area contributed by atoms with Crippen LogP contribution < -0.4 is 5.32 Å². The number of aliphatic hydroxyl groups excluding tert-OH is 1. The predicted molar refractivity (Wildman–Crippen MR) is 78.6 cm³/mol. The zero-order valence-corrected chi connectivity index (χ0v) is 11.9. The van der Waals surface area contributed by atoms with Crippen molar-refractivity contribution in [3.8, 4) is 0 Å². The van der Waals surface area contributed by atoms with Crippen LogP contribution in [0.4, 0.5) is 0 Å². The van der Waals surface area contributed by atoms with Gasteiger partial charge in [0.2, 0.25) is 0 Å². The van der Waals surface area contributed by atoms with Gasteiger partial charge in [0.1, 0.15) is 0 Å². The summed E-state index contributed by atoms with van der Waals surface area (Å²) in [5.74, 6) is 0.367. The molecule has 0 radical (unpaired) electrons. The van der Waals surface area contributed by atoms with Crippen LogP contribution >= 0.6 is 0 Å². The minimum Gasteiger partial charge on any atom is -0.388 e. The van der Waals surface area contributed by atoms with E-state index in [-0.39, 0.29) is 5.91 Å². The number of rotatable bonds is 2. The topological polar surface area (TPSA) is 49.3 Å². The lowest BCUT2D eigenvalue weighted by atomic mass is 9.82. The highest BCUT2D eigenvalue weighted by Crippen LogP contribution is 2.35. The van der Waals surface area contributed by atoms with Crippen molar-refractivity contribution in [1.29, 1.82) is 0 Å². The zero-order valence-electron chi connectivity index (χ0n) is 11.9. The van der Waals surface area contributed by atoms with Gasteiger partial charge < -0.3 is 10.4 Å². The Balaban J connectivity index is 1.85. The van der Waals surface area contributed by atoms with E-state index < -0.39 is 6.10 Å². The van der Waals surface area contributed by atoms with Gasteiger partial charge in [-0.2, -0.15) is 0 Å². The standard InChI is InChI=1S/C17H23NO2/c19-16(13-5-2-1-3-6-13)14-9-8-12-7-4-10-18-17(20)15(12)11-14/h8-9,11,13,16,19H,1-7,10H2,(H,18,20). The molecule has 3 heteroatoms. The Labute approximate surface area is 120 Å². The lowest BCUT2D eigenvalue weighted by molar-refractivity contribution is 0.0846. The van der Waals surface area contributed by atoms with Gasteiger partial charge in [0.05, 0.1) is 6.10 Å². The number of nitrogens with one attached hydrogen (secondary N) is 1. The van der Waals surface area contributed by atoms with E-state index in [1.807, 2.05) is 18.2 Å². The van der Waals surface area contributed by atoms with Crippen molar-refractivity contribution in [2.75, 3.05) is 6.54 Å². The monoisotopic (exact) mass is 273 g/mol. The summed E-state index contributed by atoms with van der Waals surface area (Å²) in [4.78, 5) is 12.1. The van der Waals surface area contributed by atoms with Crippen molar-refractivity contribution in [3.05, 3.63) is 34.9 Å². The van der Waals surface area contributed by atoms with Crippen LogP contribution in [0, 0.1) is 5.92 Å². The molecule has 2 N–H and O–H groups in total. The lowest BCUT2D eigenvalue weighted by Gasteiger charge is -2.27. The van der Waals surface area contributed by atoms with E-state index >= 15 is 0 Å². The fourth-order valence-corrected chi connectivity index (χ4v) is 3.51. The van der Waals surface area contributed by atoms with Crippen LogP contribution in [0.25, 0.3) is 0 Å². The fourth-order valence-electron chi connectivity index (χ4n) is 3.51. The molecule has 20 heavy (non-hydrogen) atoms. The molecule has 1 unspecified atom stereocenters. The van der Waals surface area contributed by atoms with Crippen LogP contribution in [-0.2, 0) is 6.42 Å². The minimum atomic E-state index is -0.420. The quantitative estimate of drug-likeness (QED) is 0.870. The van der Waals surface area contributed by atoms with Crippen LogP contribution in [-0.4, -0.2) is 17.6 Å². The molecule has 3 rings (SSSR count). The first-order chi connectivity index (χ1) is 9.75. The average molecular weight is 273 g/mol. The first-order valence-corrected chi connectivity index (χ1v) is 7.85. The van der Waals surface area contributed by atoms with Crippen molar-refractivity contribution < 1.29 is 9.90 Å². The van der Waals surface area contributed by atoms with Gasteiger partial charge in [-0.25, -0.2) is 0 Å².